The maximum atomic E-state index is 13.0. The first-order chi connectivity index (χ1) is 13.6. The third-order valence-electron chi connectivity index (χ3n) is 9.05. The standard InChI is InChI=1S/C23H33NO4S/c1-21-8-5-15(25)11-14(21)3-4-16-17(21)6-9-22(2)18(16)7-10-23(22,28)19(26)12-29-13-20(24)27/h11,16-18,28H,3-10,12-13H2,1-2H3,(H2,24,27)/t16-,17-,18+,21+,22+,23+/m1/s1. The molecule has 3 fully saturated rings. The zero-order valence-corrected chi connectivity index (χ0v) is 18.4. The van der Waals surface area contributed by atoms with Crippen molar-refractivity contribution < 1.29 is 19.5 Å². The van der Waals surface area contributed by atoms with Crippen molar-refractivity contribution in [1.82, 2.24) is 0 Å². The van der Waals surface area contributed by atoms with E-state index in [1.165, 1.54) is 17.3 Å². The number of primary amides is 1. The largest absolute Gasteiger partial charge is 0.381 e. The Morgan fingerprint density at radius 2 is 1.83 bits per heavy atom. The van der Waals surface area contributed by atoms with E-state index in [4.69, 9.17) is 5.73 Å². The molecule has 4 aliphatic carbocycles. The summed E-state index contributed by atoms with van der Waals surface area (Å²) in [6, 6.07) is 0. The monoisotopic (exact) mass is 419 g/mol. The van der Waals surface area contributed by atoms with Gasteiger partial charge in [0, 0.05) is 11.8 Å². The highest BCUT2D eigenvalue weighted by Crippen LogP contribution is 2.67. The van der Waals surface area contributed by atoms with Gasteiger partial charge in [0.25, 0.3) is 0 Å². The van der Waals surface area contributed by atoms with Gasteiger partial charge < -0.3 is 10.8 Å². The van der Waals surface area contributed by atoms with Gasteiger partial charge in [-0.05, 0) is 74.2 Å². The van der Waals surface area contributed by atoms with Crippen LogP contribution in [0.1, 0.15) is 65.2 Å². The van der Waals surface area contributed by atoms with E-state index in [9.17, 15) is 19.5 Å². The number of thioether (sulfide) groups is 1. The molecule has 5 nitrogen and oxygen atoms in total. The van der Waals surface area contributed by atoms with E-state index in [0.717, 1.165) is 38.5 Å². The molecule has 160 valence electrons. The average Bonchev–Trinajstić information content (AvgIpc) is 2.94. The first kappa shape index (κ1) is 21.1. The van der Waals surface area contributed by atoms with E-state index < -0.39 is 16.9 Å². The molecule has 6 heteroatoms. The van der Waals surface area contributed by atoms with E-state index in [1.807, 2.05) is 6.08 Å². The fraction of sp³-hybridized carbons (Fsp3) is 0.783. The minimum Gasteiger partial charge on any atom is -0.381 e. The van der Waals surface area contributed by atoms with Crippen LogP contribution in [-0.4, -0.2) is 39.7 Å². The van der Waals surface area contributed by atoms with Crippen LogP contribution in [0.3, 0.4) is 0 Å². The van der Waals surface area contributed by atoms with Gasteiger partial charge in [0.15, 0.2) is 11.6 Å². The molecule has 0 aromatic rings. The van der Waals surface area contributed by atoms with Crippen LogP contribution in [0.2, 0.25) is 0 Å². The van der Waals surface area contributed by atoms with Gasteiger partial charge in [-0.3, -0.25) is 14.4 Å². The summed E-state index contributed by atoms with van der Waals surface area (Å²) in [6.45, 7) is 4.47. The summed E-state index contributed by atoms with van der Waals surface area (Å²) in [7, 11) is 0. The van der Waals surface area contributed by atoms with Gasteiger partial charge in [0.1, 0.15) is 5.60 Å². The van der Waals surface area contributed by atoms with Gasteiger partial charge in [-0.25, -0.2) is 0 Å². The van der Waals surface area contributed by atoms with Crippen molar-refractivity contribution in [1.29, 1.82) is 0 Å². The van der Waals surface area contributed by atoms with Crippen molar-refractivity contribution in [3.05, 3.63) is 11.6 Å². The quantitative estimate of drug-likeness (QED) is 0.714. The van der Waals surface area contributed by atoms with Crippen LogP contribution in [-0.2, 0) is 14.4 Å². The molecule has 0 bridgehead atoms. The number of Topliss-reactive ketones (excluding diaryl/α,β-unsaturated/α-hetero) is 1. The highest BCUT2D eigenvalue weighted by Gasteiger charge is 2.65. The molecule has 0 heterocycles. The molecule has 0 radical (unpaired) electrons. The first-order valence-corrected chi connectivity index (χ1v) is 12.1. The van der Waals surface area contributed by atoms with Crippen molar-refractivity contribution in [3.63, 3.8) is 0 Å². The summed E-state index contributed by atoms with van der Waals surface area (Å²) in [6.07, 6.45) is 8.77. The number of carbonyl (C=O) groups excluding carboxylic acids is 3. The number of allylic oxidation sites excluding steroid dienone is 1. The minimum absolute atomic E-state index is 0.0974. The summed E-state index contributed by atoms with van der Waals surface area (Å²) < 4.78 is 0. The molecule has 1 amide bonds. The van der Waals surface area contributed by atoms with Gasteiger partial charge in [-0.15, -0.1) is 11.8 Å². The third-order valence-corrected chi connectivity index (χ3v) is 10.0. The van der Waals surface area contributed by atoms with E-state index >= 15 is 0 Å². The molecule has 6 atom stereocenters. The third kappa shape index (κ3) is 3.13. The molecule has 29 heavy (non-hydrogen) atoms. The Bertz CT molecular complexity index is 779. The Hall–Kier alpha value is -1.14. The van der Waals surface area contributed by atoms with Crippen LogP contribution in [0.5, 0.6) is 0 Å². The maximum absolute atomic E-state index is 13.0. The maximum Gasteiger partial charge on any atom is 0.227 e. The number of carbonyl (C=O) groups is 3. The van der Waals surface area contributed by atoms with Gasteiger partial charge >= 0.3 is 0 Å². The van der Waals surface area contributed by atoms with Gasteiger partial charge in [0.2, 0.25) is 5.91 Å². The Morgan fingerprint density at radius 3 is 2.55 bits per heavy atom. The average molecular weight is 420 g/mol. The number of hydrogen-bond acceptors (Lipinski definition) is 5. The molecule has 0 aliphatic heterocycles. The van der Waals surface area contributed by atoms with Crippen molar-refractivity contribution in [2.45, 2.75) is 70.8 Å². The molecule has 0 aromatic carbocycles. The van der Waals surface area contributed by atoms with E-state index in [1.54, 1.807) is 0 Å². The second-order valence-corrected chi connectivity index (χ2v) is 11.2. The molecule has 4 rings (SSSR count). The van der Waals surface area contributed by atoms with Crippen molar-refractivity contribution in [3.8, 4) is 0 Å². The molecule has 0 unspecified atom stereocenters. The van der Waals surface area contributed by atoms with E-state index in [0.29, 0.717) is 30.6 Å². The summed E-state index contributed by atoms with van der Waals surface area (Å²) in [4.78, 5) is 36.0. The van der Waals surface area contributed by atoms with Crippen LogP contribution in [0.25, 0.3) is 0 Å². The van der Waals surface area contributed by atoms with Crippen LogP contribution in [0.15, 0.2) is 11.6 Å². The summed E-state index contributed by atoms with van der Waals surface area (Å²) >= 11 is 1.21. The number of nitrogens with two attached hydrogens (primary N) is 1. The Kier molecular flexibility index (Phi) is 5.26. The highest BCUT2D eigenvalue weighted by molar-refractivity contribution is 8.00. The van der Waals surface area contributed by atoms with Gasteiger partial charge in [-0.2, -0.15) is 0 Å². The highest BCUT2D eigenvalue weighted by atomic mass is 32.2. The topological polar surface area (TPSA) is 97.5 Å². The van der Waals surface area contributed by atoms with Crippen LogP contribution >= 0.6 is 11.8 Å². The zero-order valence-electron chi connectivity index (χ0n) is 17.5. The summed E-state index contributed by atoms with van der Waals surface area (Å²) in [5.41, 5.74) is 4.92. The molecule has 0 aromatic heterocycles. The van der Waals surface area contributed by atoms with Crippen molar-refractivity contribution in [2.75, 3.05) is 11.5 Å². The second-order valence-electron chi connectivity index (χ2n) is 10.2. The SMILES string of the molecule is C[C@]12CCC(=O)C=C1CC[C@@H]1[C@H]2CC[C@@]2(C)[C@H]1CC[C@]2(O)C(=O)CSCC(N)=O. The van der Waals surface area contributed by atoms with Gasteiger partial charge in [-0.1, -0.05) is 19.4 Å². The summed E-state index contributed by atoms with van der Waals surface area (Å²) in [5.74, 6) is 1.33. The molecule has 4 aliphatic rings. The lowest BCUT2D eigenvalue weighted by Crippen LogP contribution is -2.58. The fourth-order valence-corrected chi connectivity index (χ4v) is 8.12. The van der Waals surface area contributed by atoms with Gasteiger partial charge in [0.05, 0.1) is 11.5 Å². The molecule has 0 spiro atoms. The lowest BCUT2D eigenvalue weighted by atomic mass is 9.46. The molecule has 3 saturated carbocycles. The molecular formula is C23H33NO4S. The lowest BCUT2D eigenvalue weighted by Gasteiger charge is -2.58. The normalized spacial score (nSPS) is 43.8. The number of rotatable bonds is 5. The number of amides is 1. The van der Waals surface area contributed by atoms with Crippen LogP contribution in [0.4, 0.5) is 0 Å². The Morgan fingerprint density at radius 1 is 1.10 bits per heavy atom. The number of aliphatic hydroxyl groups is 1. The number of hydrogen-bond donors (Lipinski definition) is 2. The molecule has 3 N–H and O–H groups in total. The fourth-order valence-electron chi connectivity index (χ4n) is 7.40. The Balaban J connectivity index is 1.56. The Labute approximate surface area is 177 Å². The summed E-state index contributed by atoms with van der Waals surface area (Å²) in [5, 5.41) is 11.6. The second kappa shape index (κ2) is 7.23. The molecular weight excluding hydrogens is 386 g/mol. The first-order valence-electron chi connectivity index (χ1n) is 11.0. The molecule has 0 saturated heterocycles. The smallest absolute Gasteiger partial charge is 0.227 e. The number of fused-ring (bicyclic) bond motifs is 5. The van der Waals surface area contributed by atoms with E-state index in [2.05, 4.69) is 13.8 Å². The van der Waals surface area contributed by atoms with Crippen LogP contribution < -0.4 is 5.73 Å². The van der Waals surface area contributed by atoms with E-state index in [-0.39, 0.29) is 28.5 Å². The van der Waals surface area contributed by atoms with Crippen molar-refractivity contribution >= 4 is 29.2 Å². The number of ketones is 2. The van der Waals surface area contributed by atoms with Crippen molar-refractivity contribution in [2.24, 2.45) is 34.3 Å². The predicted molar refractivity (Wildman–Crippen MR) is 113 cm³/mol. The predicted octanol–water partition coefficient (Wildman–Crippen LogP) is 3.04. The minimum atomic E-state index is -1.30. The lowest BCUT2D eigenvalue weighted by molar-refractivity contribution is -0.159. The van der Waals surface area contributed by atoms with Crippen LogP contribution in [0, 0.1) is 28.6 Å². The zero-order chi connectivity index (χ0) is 21.0.